The van der Waals surface area contributed by atoms with Gasteiger partial charge in [0.1, 0.15) is 5.75 Å². The van der Waals surface area contributed by atoms with Gasteiger partial charge in [-0.25, -0.2) is 0 Å². The van der Waals surface area contributed by atoms with E-state index in [-0.39, 0.29) is 12.0 Å². The number of para-hydroxylation sites is 2. The van der Waals surface area contributed by atoms with Gasteiger partial charge in [-0.05, 0) is 97.6 Å². The molecule has 4 saturated carbocycles. The third-order valence-corrected chi connectivity index (χ3v) is 10.4. The standard InChI is InChI=1S/C35H40N4O4/c1-21(36)32(40)37-31-33(41)38(19-27-26-8-4-3-7-25(26)11-12-30(27)43-2)28-9-5-6-10-29(28)39(34(31)42)20-35-16-22-13-23(17-35)15-24(14-22)18-35/h3-12,21-24,31H,13-20,36H2,1-2H3,(H,37,40)/t21-,22?,23?,24?,31?,35?/m0/s1. The third-order valence-electron chi connectivity index (χ3n) is 10.4. The highest BCUT2D eigenvalue weighted by molar-refractivity contribution is 6.21. The van der Waals surface area contributed by atoms with E-state index in [1.165, 1.54) is 19.3 Å². The largest absolute Gasteiger partial charge is 0.496 e. The number of carbonyl (C=O) groups excluding carboxylic acids is 3. The number of carbonyl (C=O) groups is 3. The van der Waals surface area contributed by atoms with Gasteiger partial charge in [0.2, 0.25) is 5.91 Å². The number of anilines is 2. The topological polar surface area (TPSA) is 105 Å². The molecule has 0 saturated heterocycles. The second-order valence-electron chi connectivity index (χ2n) is 13.5. The zero-order valence-corrected chi connectivity index (χ0v) is 24.9. The molecule has 3 aromatic rings. The summed E-state index contributed by atoms with van der Waals surface area (Å²) in [5.41, 5.74) is 8.14. The molecule has 0 spiro atoms. The fourth-order valence-corrected chi connectivity index (χ4v) is 8.95. The number of rotatable bonds is 7. The van der Waals surface area contributed by atoms with Crippen LogP contribution in [0.5, 0.6) is 5.75 Å². The molecule has 1 aliphatic heterocycles. The minimum absolute atomic E-state index is 0.0321. The average Bonchev–Trinajstić information content (AvgIpc) is 3.06. The number of hydrogen-bond acceptors (Lipinski definition) is 5. The first-order valence-electron chi connectivity index (χ1n) is 15.6. The van der Waals surface area contributed by atoms with Crippen LogP contribution in [0.15, 0.2) is 60.7 Å². The Morgan fingerprint density at radius 1 is 0.907 bits per heavy atom. The summed E-state index contributed by atoms with van der Waals surface area (Å²) in [6, 6.07) is 17.3. The van der Waals surface area contributed by atoms with Crippen LogP contribution in [0, 0.1) is 23.2 Å². The SMILES string of the molecule is COc1ccc2ccccc2c1CN1C(=O)C(NC(=O)[C@H](C)N)C(=O)N(CC23CC4CC(CC(C4)C2)C3)c2ccccc21. The molecule has 5 aliphatic rings. The Morgan fingerprint density at radius 3 is 2.12 bits per heavy atom. The molecule has 4 bridgehead atoms. The molecule has 3 aromatic carbocycles. The quantitative estimate of drug-likeness (QED) is 0.392. The van der Waals surface area contributed by atoms with Crippen LogP contribution in [-0.2, 0) is 20.9 Å². The summed E-state index contributed by atoms with van der Waals surface area (Å²) in [5, 5.41) is 4.72. The Bertz CT molecular complexity index is 1560. The molecule has 8 nitrogen and oxygen atoms in total. The van der Waals surface area contributed by atoms with Gasteiger partial charge in [0, 0.05) is 12.1 Å². The fourth-order valence-electron chi connectivity index (χ4n) is 8.95. The molecule has 3 amide bonds. The van der Waals surface area contributed by atoms with E-state index in [9.17, 15) is 14.4 Å². The summed E-state index contributed by atoms with van der Waals surface area (Å²) in [7, 11) is 1.62. The van der Waals surface area contributed by atoms with E-state index < -0.39 is 29.8 Å². The summed E-state index contributed by atoms with van der Waals surface area (Å²) in [6.45, 7) is 2.28. The molecule has 3 N–H and O–H groups in total. The van der Waals surface area contributed by atoms with Gasteiger partial charge in [0.25, 0.3) is 11.8 Å². The van der Waals surface area contributed by atoms with E-state index in [1.807, 2.05) is 65.6 Å². The Kier molecular flexibility index (Phi) is 6.92. The molecule has 8 heteroatoms. The Hall–Kier alpha value is -3.91. The lowest BCUT2D eigenvalue weighted by atomic mass is 9.49. The molecular formula is C35H40N4O4. The van der Waals surface area contributed by atoms with E-state index in [1.54, 1.807) is 18.9 Å². The van der Waals surface area contributed by atoms with Gasteiger partial charge in [-0.3, -0.25) is 14.4 Å². The number of benzene rings is 3. The number of methoxy groups -OCH3 is 1. The lowest BCUT2D eigenvalue weighted by Crippen LogP contribution is -2.59. The second-order valence-corrected chi connectivity index (χ2v) is 13.5. The smallest absolute Gasteiger partial charge is 0.259 e. The van der Waals surface area contributed by atoms with E-state index in [4.69, 9.17) is 10.5 Å². The van der Waals surface area contributed by atoms with Crippen LogP contribution in [0.2, 0.25) is 0 Å². The molecule has 43 heavy (non-hydrogen) atoms. The Balaban J connectivity index is 1.34. The highest BCUT2D eigenvalue weighted by Crippen LogP contribution is 2.60. The van der Waals surface area contributed by atoms with Crippen LogP contribution in [-0.4, -0.2) is 43.5 Å². The first-order chi connectivity index (χ1) is 20.7. The van der Waals surface area contributed by atoms with Crippen LogP contribution >= 0.6 is 0 Å². The van der Waals surface area contributed by atoms with Crippen molar-refractivity contribution in [2.24, 2.45) is 28.9 Å². The minimum Gasteiger partial charge on any atom is -0.496 e. The van der Waals surface area contributed by atoms with E-state index in [0.29, 0.717) is 41.4 Å². The van der Waals surface area contributed by atoms with Crippen LogP contribution in [0.25, 0.3) is 10.8 Å². The van der Waals surface area contributed by atoms with Gasteiger partial charge in [-0.15, -0.1) is 0 Å². The van der Waals surface area contributed by atoms with E-state index in [0.717, 1.165) is 35.6 Å². The van der Waals surface area contributed by atoms with Crippen molar-refractivity contribution in [3.8, 4) is 5.75 Å². The summed E-state index contributed by atoms with van der Waals surface area (Å²) in [5.74, 6) is 1.40. The summed E-state index contributed by atoms with van der Waals surface area (Å²) < 4.78 is 5.77. The van der Waals surface area contributed by atoms with Crippen LogP contribution in [0.1, 0.15) is 51.0 Å². The molecule has 4 fully saturated rings. The molecule has 8 rings (SSSR count). The number of nitrogens with zero attached hydrogens (tertiary/aromatic N) is 2. The zero-order chi connectivity index (χ0) is 29.9. The fraction of sp³-hybridized carbons (Fsp3) is 0.457. The number of fused-ring (bicyclic) bond motifs is 2. The molecule has 0 aromatic heterocycles. The number of ether oxygens (including phenoxy) is 1. The summed E-state index contributed by atoms with van der Waals surface area (Å²) in [6.07, 6.45) is 7.26. The Labute approximate surface area is 252 Å². The van der Waals surface area contributed by atoms with Gasteiger partial charge in [-0.1, -0.05) is 42.5 Å². The lowest BCUT2D eigenvalue weighted by Gasteiger charge is -2.57. The maximum atomic E-state index is 14.5. The number of amides is 3. The summed E-state index contributed by atoms with van der Waals surface area (Å²) >= 11 is 0. The van der Waals surface area contributed by atoms with Gasteiger partial charge < -0.3 is 25.6 Å². The first kappa shape index (κ1) is 27.9. The van der Waals surface area contributed by atoms with E-state index in [2.05, 4.69) is 5.32 Å². The van der Waals surface area contributed by atoms with Gasteiger partial charge in [-0.2, -0.15) is 0 Å². The maximum absolute atomic E-state index is 14.5. The molecule has 4 aliphatic carbocycles. The van der Waals surface area contributed by atoms with Crippen molar-refractivity contribution in [2.75, 3.05) is 23.5 Å². The van der Waals surface area contributed by atoms with Crippen molar-refractivity contribution < 1.29 is 19.1 Å². The third kappa shape index (κ3) is 4.85. The van der Waals surface area contributed by atoms with Gasteiger partial charge in [0.15, 0.2) is 6.04 Å². The number of nitrogens with one attached hydrogen (secondary N) is 1. The molecule has 2 atom stereocenters. The summed E-state index contributed by atoms with van der Waals surface area (Å²) in [4.78, 5) is 45.4. The molecule has 1 unspecified atom stereocenters. The highest BCUT2D eigenvalue weighted by atomic mass is 16.5. The number of nitrogens with two attached hydrogens (primary N) is 1. The normalized spacial score (nSPS) is 28.5. The van der Waals surface area contributed by atoms with Crippen molar-refractivity contribution in [3.05, 3.63) is 66.2 Å². The van der Waals surface area contributed by atoms with Crippen molar-refractivity contribution in [2.45, 2.75) is 64.1 Å². The van der Waals surface area contributed by atoms with Gasteiger partial charge in [0.05, 0.1) is 31.1 Å². The predicted molar refractivity (Wildman–Crippen MR) is 167 cm³/mol. The van der Waals surface area contributed by atoms with Crippen LogP contribution in [0.3, 0.4) is 0 Å². The molecule has 1 heterocycles. The Morgan fingerprint density at radius 2 is 1.49 bits per heavy atom. The van der Waals surface area contributed by atoms with E-state index >= 15 is 0 Å². The monoisotopic (exact) mass is 580 g/mol. The maximum Gasteiger partial charge on any atom is 0.259 e. The second kappa shape index (κ2) is 10.7. The van der Waals surface area contributed by atoms with Gasteiger partial charge >= 0.3 is 0 Å². The van der Waals surface area contributed by atoms with Crippen LogP contribution in [0.4, 0.5) is 11.4 Å². The average molecular weight is 581 g/mol. The van der Waals surface area contributed by atoms with Crippen LogP contribution < -0.4 is 25.6 Å². The molecule has 0 radical (unpaired) electrons. The highest BCUT2D eigenvalue weighted by Gasteiger charge is 2.53. The predicted octanol–water partition coefficient (Wildman–Crippen LogP) is 4.78. The number of hydrogen-bond donors (Lipinski definition) is 2. The molecular weight excluding hydrogens is 540 g/mol. The van der Waals surface area contributed by atoms with Crippen molar-refractivity contribution in [1.29, 1.82) is 0 Å². The van der Waals surface area contributed by atoms with Crippen molar-refractivity contribution in [3.63, 3.8) is 0 Å². The first-order valence-corrected chi connectivity index (χ1v) is 15.6. The minimum atomic E-state index is -1.39. The lowest BCUT2D eigenvalue weighted by molar-refractivity contribution is -0.135. The zero-order valence-electron chi connectivity index (χ0n) is 24.9. The van der Waals surface area contributed by atoms with Crippen molar-refractivity contribution >= 4 is 39.9 Å². The molecule has 224 valence electrons. The van der Waals surface area contributed by atoms with Crippen molar-refractivity contribution in [1.82, 2.24) is 5.32 Å².